The van der Waals surface area contributed by atoms with E-state index in [1.165, 1.54) is 6.33 Å². The molecule has 0 bridgehead atoms. The molecule has 1 aromatic rings. The molecular weight excluding hydrogens is 142 g/mol. The lowest BCUT2D eigenvalue weighted by molar-refractivity contribution is 0.925. The molecule has 5 nitrogen and oxygen atoms in total. The molecule has 5 heteroatoms. The maximum Gasteiger partial charge on any atom is 0.161 e. The Hall–Kier alpha value is -1.83. The van der Waals surface area contributed by atoms with Gasteiger partial charge >= 0.3 is 0 Å². The highest BCUT2D eigenvalue weighted by atomic mass is 15.1. The van der Waals surface area contributed by atoms with Gasteiger partial charge in [-0.15, -0.1) is 0 Å². The predicted molar refractivity (Wildman–Crippen MR) is 40.1 cm³/mol. The number of nitrogens with zero attached hydrogens (tertiary/aromatic N) is 3. The molecule has 0 aromatic carbocycles. The Morgan fingerprint density at radius 1 is 1.91 bits per heavy atom. The van der Waals surface area contributed by atoms with Crippen molar-refractivity contribution in [2.45, 2.75) is 0 Å². The SMILES string of the molecule is Cn1cnc(C(=N)C#N)c1N. The van der Waals surface area contributed by atoms with Crippen LogP contribution in [0.3, 0.4) is 0 Å². The quantitative estimate of drug-likeness (QED) is 0.546. The van der Waals surface area contributed by atoms with Gasteiger partial charge in [0.1, 0.15) is 17.6 Å². The number of nitrogens with two attached hydrogens (primary N) is 1. The van der Waals surface area contributed by atoms with Crippen molar-refractivity contribution in [2.24, 2.45) is 7.05 Å². The fourth-order valence-corrected chi connectivity index (χ4v) is 0.685. The Kier molecular flexibility index (Phi) is 1.60. The third kappa shape index (κ3) is 1.05. The second-order valence-electron chi connectivity index (χ2n) is 2.08. The number of hydrogen-bond donors (Lipinski definition) is 2. The van der Waals surface area contributed by atoms with E-state index in [1.807, 2.05) is 0 Å². The van der Waals surface area contributed by atoms with Crippen molar-refractivity contribution in [2.75, 3.05) is 5.73 Å². The van der Waals surface area contributed by atoms with Crippen molar-refractivity contribution >= 4 is 11.5 Å². The number of aromatic nitrogens is 2. The molecule has 0 aliphatic rings. The Morgan fingerprint density at radius 3 is 2.91 bits per heavy atom. The van der Waals surface area contributed by atoms with E-state index in [0.717, 1.165) is 0 Å². The Labute approximate surface area is 63.6 Å². The van der Waals surface area contributed by atoms with Crippen molar-refractivity contribution < 1.29 is 0 Å². The summed E-state index contributed by atoms with van der Waals surface area (Å²) in [6, 6.07) is 1.66. The van der Waals surface area contributed by atoms with Gasteiger partial charge in [0.2, 0.25) is 0 Å². The molecule has 0 aliphatic carbocycles. The minimum absolute atomic E-state index is 0.205. The number of anilines is 1. The van der Waals surface area contributed by atoms with Crippen LogP contribution in [0.5, 0.6) is 0 Å². The van der Waals surface area contributed by atoms with Gasteiger partial charge < -0.3 is 10.3 Å². The summed E-state index contributed by atoms with van der Waals surface area (Å²) < 4.78 is 1.56. The van der Waals surface area contributed by atoms with Crippen LogP contribution in [-0.4, -0.2) is 15.3 Å². The van der Waals surface area contributed by atoms with Gasteiger partial charge in [-0.1, -0.05) is 0 Å². The van der Waals surface area contributed by atoms with Crippen LogP contribution in [0.25, 0.3) is 0 Å². The van der Waals surface area contributed by atoms with Crippen molar-refractivity contribution in [1.82, 2.24) is 9.55 Å². The zero-order valence-corrected chi connectivity index (χ0v) is 6.00. The lowest BCUT2D eigenvalue weighted by Gasteiger charge is -1.93. The standard InChI is InChI=1S/C6H7N5/c1-11-3-10-5(6(11)9)4(8)2-7/h3,8H,9H2,1H3. The van der Waals surface area contributed by atoms with Crippen molar-refractivity contribution in [3.63, 3.8) is 0 Å². The highest BCUT2D eigenvalue weighted by Gasteiger charge is 2.08. The van der Waals surface area contributed by atoms with Crippen LogP contribution < -0.4 is 5.73 Å². The molecule has 0 saturated heterocycles. The number of nitrogen functional groups attached to an aromatic ring is 1. The van der Waals surface area contributed by atoms with Crippen molar-refractivity contribution in [3.8, 4) is 6.07 Å². The number of nitriles is 1. The highest BCUT2D eigenvalue weighted by molar-refractivity contribution is 6.10. The third-order valence-corrected chi connectivity index (χ3v) is 1.33. The molecule has 0 unspecified atom stereocenters. The molecule has 0 amide bonds. The molecule has 1 heterocycles. The van der Waals surface area contributed by atoms with Crippen LogP contribution in [0.2, 0.25) is 0 Å². The van der Waals surface area contributed by atoms with E-state index in [9.17, 15) is 0 Å². The van der Waals surface area contributed by atoms with Crippen LogP contribution in [0.1, 0.15) is 5.69 Å². The van der Waals surface area contributed by atoms with Crippen LogP contribution in [0.15, 0.2) is 6.33 Å². The number of rotatable bonds is 1. The van der Waals surface area contributed by atoms with Crippen LogP contribution in [0, 0.1) is 16.7 Å². The molecule has 1 rings (SSSR count). The van der Waals surface area contributed by atoms with Gasteiger partial charge in [-0.3, -0.25) is 5.41 Å². The second kappa shape index (κ2) is 2.42. The molecule has 3 N–H and O–H groups in total. The largest absolute Gasteiger partial charge is 0.383 e. The zero-order chi connectivity index (χ0) is 8.43. The molecular formula is C6H7N5. The monoisotopic (exact) mass is 149 g/mol. The molecule has 0 fully saturated rings. The second-order valence-corrected chi connectivity index (χ2v) is 2.08. The molecule has 56 valence electrons. The van der Waals surface area contributed by atoms with Gasteiger partial charge in [0.25, 0.3) is 0 Å². The number of hydrogen-bond acceptors (Lipinski definition) is 4. The van der Waals surface area contributed by atoms with Gasteiger partial charge in [0.05, 0.1) is 6.33 Å². The fraction of sp³-hybridized carbons (Fsp3) is 0.167. The van der Waals surface area contributed by atoms with Gasteiger partial charge in [-0.25, -0.2) is 4.98 Å². The van der Waals surface area contributed by atoms with E-state index in [1.54, 1.807) is 17.7 Å². The maximum absolute atomic E-state index is 8.34. The van der Waals surface area contributed by atoms with Crippen LogP contribution >= 0.6 is 0 Å². The summed E-state index contributed by atoms with van der Waals surface area (Å²) in [5.41, 5.74) is 5.53. The minimum atomic E-state index is -0.205. The Balaban J connectivity index is 3.17. The number of nitrogens with one attached hydrogen (secondary N) is 1. The Bertz CT molecular complexity index is 329. The number of imidazole rings is 1. The molecule has 1 aromatic heterocycles. The summed E-state index contributed by atoms with van der Waals surface area (Å²) in [6.45, 7) is 0. The van der Waals surface area contributed by atoms with Crippen LogP contribution in [-0.2, 0) is 7.05 Å². The topological polar surface area (TPSA) is 91.5 Å². The van der Waals surface area contributed by atoms with Crippen molar-refractivity contribution in [1.29, 1.82) is 10.7 Å². The lowest BCUT2D eigenvalue weighted by atomic mass is 10.3. The predicted octanol–water partition coefficient (Wildman–Crippen LogP) is -0.106. The smallest absolute Gasteiger partial charge is 0.161 e. The maximum atomic E-state index is 8.34. The summed E-state index contributed by atoms with van der Waals surface area (Å²) in [7, 11) is 1.70. The van der Waals surface area contributed by atoms with E-state index in [2.05, 4.69) is 4.98 Å². The Morgan fingerprint density at radius 2 is 2.55 bits per heavy atom. The molecule has 0 saturated carbocycles. The molecule has 11 heavy (non-hydrogen) atoms. The molecule has 0 atom stereocenters. The first-order valence-electron chi connectivity index (χ1n) is 2.92. The first-order chi connectivity index (χ1) is 5.16. The van der Waals surface area contributed by atoms with E-state index >= 15 is 0 Å². The molecule has 0 aliphatic heterocycles. The van der Waals surface area contributed by atoms with Gasteiger partial charge in [0, 0.05) is 7.05 Å². The fourth-order valence-electron chi connectivity index (χ4n) is 0.685. The summed E-state index contributed by atoms with van der Waals surface area (Å²) in [4.78, 5) is 3.78. The molecule has 0 spiro atoms. The average molecular weight is 149 g/mol. The van der Waals surface area contributed by atoms with E-state index in [4.69, 9.17) is 16.4 Å². The van der Waals surface area contributed by atoms with E-state index < -0.39 is 0 Å². The average Bonchev–Trinajstić information content (AvgIpc) is 2.32. The van der Waals surface area contributed by atoms with Crippen molar-refractivity contribution in [3.05, 3.63) is 12.0 Å². The van der Waals surface area contributed by atoms with Gasteiger partial charge in [-0.2, -0.15) is 5.26 Å². The van der Waals surface area contributed by atoms with E-state index in [0.29, 0.717) is 5.82 Å². The van der Waals surface area contributed by atoms with Crippen LogP contribution in [0.4, 0.5) is 5.82 Å². The summed E-state index contributed by atoms with van der Waals surface area (Å²) >= 11 is 0. The van der Waals surface area contributed by atoms with Gasteiger partial charge in [-0.05, 0) is 0 Å². The van der Waals surface area contributed by atoms with E-state index in [-0.39, 0.29) is 11.4 Å². The highest BCUT2D eigenvalue weighted by Crippen LogP contribution is 2.07. The summed E-state index contributed by atoms with van der Waals surface area (Å²) in [5.74, 6) is 0.344. The third-order valence-electron chi connectivity index (χ3n) is 1.33. The first kappa shape index (κ1) is 7.28. The van der Waals surface area contributed by atoms with Gasteiger partial charge in [0.15, 0.2) is 5.71 Å². The normalized spacial score (nSPS) is 9.09. The zero-order valence-electron chi connectivity index (χ0n) is 6.00. The first-order valence-corrected chi connectivity index (χ1v) is 2.92. The minimum Gasteiger partial charge on any atom is -0.383 e. The summed E-state index contributed by atoms with van der Waals surface area (Å²) in [5, 5.41) is 15.5. The summed E-state index contributed by atoms with van der Waals surface area (Å²) in [6.07, 6.45) is 1.47. The lowest BCUT2D eigenvalue weighted by Crippen LogP contribution is -2.02. The number of aryl methyl sites for hydroxylation is 1. The molecule has 0 radical (unpaired) electrons.